The molecule has 3 aromatic carbocycles. The maximum Gasteiger partial charge on any atom is 0.199 e. The number of hydrogen-bond donors (Lipinski definition) is 3. The van der Waals surface area contributed by atoms with Gasteiger partial charge in [0.25, 0.3) is 0 Å². The average molecular weight is 432 g/mol. The molecule has 0 amide bonds. The molecule has 1 heterocycles. The van der Waals surface area contributed by atoms with Crippen LogP contribution in [0.25, 0.3) is 10.9 Å². The molecule has 0 fully saturated rings. The van der Waals surface area contributed by atoms with E-state index in [0.717, 1.165) is 35.0 Å². The lowest BCUT2D eigenvalue weighted by Crippen LogP contribution is -2.15. The summed E-state index contributed by atoms with van der Waals surface area (Å²) in [6.07, 6.45) is 2.20. The largest absolute Gasteiger partial charge is 0.494 e. The van der Waals surface area contributed by atoms with Crippen molar-refractivity contribution >= 4 is 33.9 Å². The van der Waals surface area contributed by atoms with E-state index in [2.05, 4.69) is 29.4 Å². The van der Waals surface area contributed by atoms with Gasteiger partial charge in [-0.3, -0.25) is 0 Å². The average Bonchev–Trinajstić information content (AvgIpc) is 3.11. The molecule has 0 saturated heterocycles. The standard InChI is InChI=1S/C26H26ClN3O/c1-3-7-22(28-2)17-10-13-20(14-11-17)29-25(18-8-5-4-6-9-18)24-21-15-12-19(27)16-23(21)30-26(24)31/h4-6,8-16,22,28,30-31H,3,7H2,1-2H3. The van der Waals surface area contributed by atoms with Gasteiger partial charge in [0.2, 0.25) is 0 Å². The minimum Gasteiger partial charge on any atom is -0.494 e. The first-order valence-electron chi connectivity index (χ1n) is 10.5. The summed E-state index contributed by atoms with van der Waals surface area (Å²) >= 11 is 6.14. The van der Waals surface area contributed by atoms with Crippen LogP contribution in [0.2, 0.25) is 5.02 Å². The molecule has 0 saturated carbocycles. The summed E-state index contributed by atoms with van der Waals surface area (Å²) in [7, 11) is 1.99. The van der Waals surface area contributed by atoms with Crippen LogP contribution in [0.3, 0.4) is 0 Å². The van der Waals surface area contributed by atoms with Crippen molar-refractivity contribution in [3.63, 3.8) is 0 Å². The van der Waals surface area contributed by atoms with E-state index < -0.39 is 0 Å². The Morgan fingerprint density at radius 2 is 1.81 bits per heavy atom. The molecule has 4 nitrogen and oxygen atoms in total. The van der Waals surface area contributed by atoms with E-state index in [1.165, 1.54) is 5.56 Å². The topological polar surface area (TPSA) is 60.4 Å². The molecule has 0 aliphatic heterocycles. The van der Waals surface area contributed by atoms with Gasteiger partial charge in [0.15, 0.2) is 5.88 Å². The first-order chi connectivity index (χ1) is 15.1. The van der Waals surface area contributed by atoms with Crippen LogP contribution >= 0.6 is 11.6 Å². The van der Waals surface area contributed by atoms with Crippen molar-refractivity contribution in [2.24, 2.45) is 4.99 Å². The smallest absolute Gasteiger partial charge is 0.199 e. The monoisotopic (exact) mass is 431 g/mol. The summed E-state index contributed by atoms with van der Waals surface area (Å²) in [4.78, 5) is 7.99. The fourth-order valence-electron chi connectivity index (χ4n) is 3.93. The second-order valence-corrected chi connectivity index (χ2v) is 8.02. The van der Waals surface area contributed by atoms with Gasteiger partial charge in [0.05, 0.1) is 22.5 Å². The Morgan fingerprint density at radius 3 is 2.48 bits per heavy atom. The normalized spacial score (nSPS) is 12.9. The molecule has 1 unspecified atom stereocenters. The molecule has 4 aromatic rings. The van der Waals surface area contributed by atoms with E-state index in [4.69, 9.17) is 16.6 Å². The fourth-order valence-corrected chi connectivity index (χ4v) is 4.10. The highest BCUT2D eigenvalue weighted by atomic mass is 35.5. The third-order valence-electron chi connectivity index (χ3n) is 5.49. The quantitative estimate of drug-likeness (QED) is 0.283. The van der Waals surface area contributed by atoms with Gasteiger partial charge in [-0.1, -0.05) is 73.5 Å². The van der Waals surface area contributed by atoms with Crippen LogP contribution < -0.4 is 5.32 Å². The van der Waals surface area contributed by atoms with Crippen molar-refractivity contribution in [2.45, 2.75) is 25.8 Å². The molecule has 3 N–H and O–H groups in total. The Hall–Kier alpha value is -3.08. The molecular formula is C26H26ClN3O. The SMILES string of the molecule is CCCC(NC)c1ccc(N=C(c2ccccc2)c2c(O)[nH]c3cc(Cl)ccc23)cc1. The number of fused-ring (bicyclic) bond motifs is 1. The van der Waals surface area contributed by atoms with E-state index in [9.17, 15) is 5.11 Å². The summed E-state index contributed by atoms with van der Waals surface area (Å²) in [5, 5.41) is 15.6. The third kappa shape index (κ3) is 4.50. The van der Waals surface area contributed by atoms with Crippen LogP contribution in [0.4, 0.5) is 5.69 Å². The number of halogens is 1. The maximum atomic E-state index is 10.8. The van der Waals surface area contributed by atoms with Crippen molar-refractivity contribution in [3.8, 4) is 5.88 Å². The van der Waals surface area contributed by atoms with Gasteiger partial charge in [-0.2, -0.15) is 0 Å². The minimum atomic E-state index is 0.0784. The lowest BCUT2D eigenvalue weighted by molar-refractivity contribution is 0.457. The van der Waals surface area contributed by atoms with Crippen LogP contribution in [-0.2, 0) is 0 Å². The fraction of sp³-hybridized carbons (Fsp3) is 0.192. The molecule has 1 aromatic heterocycles. The highest BCUT2D eigenvalue weighted by Gasteiger charge is 2.19. The Bertz CT molecular complexity index is 1200. The number of aliphatic imine (C=N–C) groups is 1. The summed E-state index contributed by atoms with van der Waals surface area (Å²) in [6, 6.07) is 24.1. The first-order valence-corrected chi connectivity index (χ1v) is 10.9. The molecule has 1 atom stereocenters. The van der Waals surface area contributed by atoms with E-state index >= 15 is 0 Å². The van der Waals surface area contributed by atoms with Crippen molar-refractivity contribution in [2.75, 3.05) is 7.05 Å². The van der Waals surface area contributed by atoms with Gasteiger partial charge in [-0.05, 0) is 43.3 Å². The van der Waals surface area contributed by atoms with Crippen LogP contribution in [-0.4, -0.2) is 22.8 Å². The summed E-state index contributed by atoms with van der Waals surface area (Å²) in [6.45, 7) is 2.19. The van der Waals surface area contributed by atoms with Gasteiger partial charge in [0, 0.05) is 22.0 Å². The van der Waals surface area contributed by atoms with Gasteiger partial charge >= 0.3 is 0 Å². The molecule has 0 bridgehead atoms. The zero-order chi connectivity index (χ0) is 21.8. The number of hydrogen-bond acceptors (Lipinski definition) is 3. The van der Waals surface area contributed by atoms with Crippen LogP contribution in [0.5, 0.6) is 5.88 Å². The number of benzene rings is 3. The van der Waals surface area contributed by atoms with Crippen molar-refractivity contribution in [3.05, 3.63) is 94.5 Å². The van der Waals surface area contributed by atoms with Crippen LogP contribution in [0, 0.1) is 0 Å². The maximum absolute atomic E-state index is 10.8. The van der Waals surface area contributed by atoms with Gasteiger partial charge in [0.1, 0.15) is 0 Å². The second kappa shape index (κ2) is 9.38. The van der Waals surface area contributed by atoms with E-state index in [1.54, 1.807) is 0 Å². The Labute approximate surface area is 187 Å². The zero-order valence-corrected chi connectivity index (χ0v) is 18.4. The lowest BCUT2D eigenvalue weighted by atomic mass is 10.00. The summed E-state index contributed by atoms with van der Waals surface area (Å²) in [5.41, 5.74) is 5.15. The third-order valence-corrected chi connectivity index (χ3v) is 5.72. The number of nitrogens with one attached hydrogen (secondary N) is 2. The second-order valence-electron chi connectivity index (χ2n) is 7.59. The molecule has 0 aliphatic rings. The Balaban J connectivity index is 1.82. The highest BCUT2D eigenvalue weighted by Crippen LogP contribution is 2.33. The lowest BCUT2D eigenvalue weighted by Gasteiger charge is -2.15. The molecule has 0 spiro atoms. The molecular weight excluding hydrogens is 406 g/mol. The number of aromatic nitrogens is 1. The van der Waals surface area contributed by atoms with Crippen molar-refractivity contribution in [1.29, 1.82) is 0 Å². The molecule has 0 radical (unpaired) electrons. The van der Waals surface area contributed by atoms with Crippen molar-refractivity contribution < 1.29 is 5.11 Å². The van der Waals surface area contributed by atoms with E-state index in [1.807, 2.05) is 67.7 Å². The molecule has 0 aliphatic carbocycles. The predicted octanol–water partition coefficient (Wildman–Crippen LogP) is 6.76. The summed E-state index contributed by atoms with van der Waals surface area (Å²) < 4.78 is 0. The Morgan fingerprint density at radius 1 is 1.06 bits per heavy atom. The first kappa shape index (κ1) is 21.2. The minimum absolute atomic E-state index is 0.0784. The van der Waals surface area contributed by atoms with Gasteiger partial charge in [-0.15, -0.1) is 0 Å². The molecule has 31 heavy (non-hydrogen) atoms. The van der Waals surface area contributed by atoms with Crippen LogP contribution in [0.1, 0.15) is 42.5 Å². The number of rotatable bonds is 7. The van der Waals surface area contributed by atoms with E-state index in [-0.39, 0.29) is 5.88 Å². The predicted molar refractivity (Wildman–Crippen MR) is 130 cm³/mol. The number of aromatic amines is 1. The van der Waals surface area contributed by atoms with Crippen molar-refractivity contribution in [1.82, 2.24) is 10.3 Å². The van der Waals surface area contributed by atoms with Crippen LogP contribution in [0.15, 0.2) is 77.8 Å². The number of nitrogens with zero attached hydrogens (tertiary/aromatic N) is 1. The Kier molecular flexibility index (Phi) is 6.40. The molecule has 4 rings (SSSR count). The van der Waals surface area contributed by atoms with Gasteiger partial charge < -0.3 is 15.4 Å². The zero-order valence-electron chi connectivity index (χ0n) is 17.7. The molecule has 158 valence electrons. The van der Waals surface area contributed by atoms with E-state index in [0.29, 0.717) is 22.3 Å². The number of H-pyrrole nitrogens is 1. The number of aromatic hydroxyl groups is 1. The highest BCUT2D eigenvalue weighted by molar-refractivity contribution is 6.31. The summed E-state index contributed by atoms with van der Waals surface area (Å²) in [5.74, 6) is 0.0784. The van der Waals surface area contributed by atoms with Gasteiger partial charge in [-0.25, -0.2) is 4.99 Å². The molecule has 5 heteroatoms.